The lowest BCUT2D eigenvalue weighted by atomic mass is 10.1. The number of hydrogen-bond acceptors (Lipinski definition) is 4. The van der Waals surface area contributed by atoms with E-state index < -0.39 is 5.69 Å². The summed E-state index contributed by atoms with van der Waals surface area (Å²) >= 11 is 0. The fourth-order valence-corrected chi connectivity index (χ4v) is 1.54. The zero-order valence-corrected chi connectivity index (χ0v) is 9.90. The fourth-order valence-electron chi connectivity index (χ4n) is 1.54. The molecule has 1 heterocycles. The van der Waals surface area contributed by atoms with E-state index in [0.717, 1.165) is 5.56 Å². The fraction of sp³-hybridized carbons (Fsp3) is 0.250. The summed E-state index contributed by atoms with van der Waals surface area (Å²) < 4.78 is 12.7. The van der Waals surface area contributed by atoms with Crippen LogP contribution in [0.2, 0.25) is 0 Å². The van der Waals surface area contributed by atoms with Crippen molar-refractivity contribution in [3.05, 3.63) is 51.8 Å². The summed E-state index contributed by atoms with van der Waals surface area (Å²) in [7, 11) is 0. The zero-order chi connectivity index (χ0) is 13.0. The number of aromatic amines is 1. The van der Waals surface area contributed by atoms with Crippen LogP contribution in [0.3, 0.4) is 0 Å². The second-order valence-electron chi connectivity index (χ2n) is 3.88. The molecular formula is C12H13FN4O. The summed E-state index contributed by atoms with van der Waals surface area (Å²) in [5.74, 6) is 0.226. The van der Waals surface area contributed by atoms with Gasteiger partial charge in [-0.3, -0.25) is 0 Å². The normalized spacial score (nSPS) is 10.3. The minimum atomic E-state index is -0.482. The monoisotopic (exact) mass is 248 g/mol. The molecule has 0 fully saturated rings. The highest BCUT2D eigenvalue weighted by Gasteiger charge is 2.01. The Morgan fingerprint density at radius 2 is 2.06 bits per heavy atom. The number of benzene rings is 1. The Morgan fingerprint density at radius 1 is 1.33 bits per heavy atom. The highest BCUT2D eigenvalue weighted by molar-refractivity contribution is 5.37. The number of nitrogens with zero attached hydrogens (tertiary/aromatic N) is 2. The van der Waals surface area contributed by atoms with Crippen molar-refractivity contribution in [2.45, 2.75) is 13.3 Å². The van der Waals surface area contributed by atoms with Crippen molar-refractivity contribution in [2.24, 2.45) is 0 Å². The van der Waals surface area contributed by atoms with Gasteiger partial charge in [-0.05, 0) is 31.0 Å². The molecule has 2 rings (SSSR count). The molecule has 0 bridgehead atoms. The average molecular weight is 248 g/mol. The molecule has 0 atom stereocenters. The predicted molar refractivity (Wildman–Crippen MR) is 66.0 cm³/mol. The molecule has 0 aliphatic heterocycles. The Bertz CT molecular complexity index is 579. The van der Waals surface area contributed by atoms with Gasteiger partial charge >= 0.3 is 5.69 Å². The van der Waals surface area contributed by atoms with E-state index in [0.29, 0.717) is 24.5 Å². The van der Waals surface area contributed by atoms with E-state index in [2.05, 4.69) is 20.5 Å². The number of aryl methyl sites for hydroxylation is 1. The van der Waals surface area contributed by atoms with Gasteiger partial charge in [0.2, 0.25) is 0 Å². The topological polar surface area (TPSA) is 70.7 Å². The molecule has 0 unspecified atom stereocenters. The summed E-state index contributed by atoms with van der Waals surface area (Å²) in [5.41, 5.74) is 1.16. The van der Waals surface area contributed by atoms with Gasteiger partial charge in [-0.15, -0.1) is 0 Å². The van der Waals surface area contributed by atoms with Crippen molar-refractivity contribution < 1.29 is 4.39 Å². The Morgan fingerprint density at radius 3 is 2.78 bits per heavy atom. The van der Waals surface area contributed by atoms with E-state index in [1.807, 2.05) is 0 Å². The molecule has 1 aromatic carbocycles. The first-order chi connectivity index (χ1) is 8.65. The molecule has 2 aromatic rings. The van der Waals surface area contributed by atoms with Crippen LogP contribution in [0, 0.1) is 12.7 Å². The lowest BCUT2D eigenvalue weighted by Gasteiger charge is -2.06. The lowest BCUT2D eigenvalue weighted by Crippen LogP contribution is -2.18. The summed E-state index contributed by atoms with van der Waals surface area (Å²) in [5, 5.41) is 9.09. The van der Waals surface area contributed by atoms with Crippen LogP contribution >= 0.6 is 0 Å². The van der Waals surface area contributed by atoms with Gasteiger partial charge in [0.15, 0.2) is 5.82 Å². The predicted octanol–water partition coefficient (Wildman–Crippen LogP) is 1.27. The third-order valence-electron chi connectivity index (χ3n) is 2.49. The second kappa shape index (κ2) is 5.39. The first kappa shape index (κ1) is 12.2. The first-order valence-electron chi connectivity index (χ1n) is 5.57. The molecule has 0 amide bonds. The summed E-state index contributed by atoms with van der Waals surface area (Å²) in [6.07, 6.45) is 0.716. The molecule has 0 saturated heterocycles. The smallest absolute Gasteiger partial charge is 0.363 e. The first-order valence-corrected chi connectivity index (χ1v) is 5.57. The van der Waals surface area contributed by atoms with E-state index in [-0.39, 0.29) is 5.82 Å². The van der Waals surface area contributed by atoms with E-state index in [1.165, 1.54) is 12.1 Å². The number of H-pyrrole nitrogens is 1. The van der Waals surface area contributed by atoms with E-state index in [4.69, 9.17) is 0 Å². The third-order valence-corrected chi connectivity index (χ3v) is 2.49. The van der Waals surface area contributed by atoms with Crippen LogP contribution in [0.4, 0.5) is 10.2 Å². The highest BCUT2D eigenvalue weighted by Crippen LogP contribution is 2.06. The lowest BCUT2D eigenvalue weighted by molar-refractivity contribution is 0.627. The molecule has 2 N–H and O–H groups in total. The largest absolute Gasteiger partial charge is 0.368 e. The van der Waals surface area contributed by atoms with Gasteiger partial charge in [-0.25, -0.2) is 14.3 Å². The van der Waals surface area contributed by atoms with Gasteiger partial charge in [-0.2, -0.15) is 10.1 Å². The molecule has 0 aliphatic carbocycles. The zero-order valence-electron chi connectivity index (χ0n) is 9.90. The Kier molecular flexibility index (Phi) is 3.66. The maximum Gasteiger partial charge on any atom is 0.363 e. The minimum absolute atomic E-state index is 0.247. The number of anilines is 1. The van der Waals surface area contributed by atoms with E-state index in [9.17, 15) is 9.18 Å². The molecule has 6 heteroatoms. The highest BCUT2D eigenvalue weighted by atomic mass is 19.1. The van der Waals surface area contributed by atoms with Crippen molar-refractivity contribution in [1.82, 2.24) is 15.2 Å². The standard InChI is InChI=1S/C12H13FN4O/c1-8-11(15-12(18)17-16-8)14-7-6-9-2-4-10(13)5-3-9/h2-5H,6-7H2,1H3,(H2,14,15,17,18). The summed E-state index contributed by atoms with van der Waals surface area (Å²) in [4.78, 5) is 14.8. The van der Waals surface area contributed by atoms with Crippen LogP contribution in [-0.2, 0) is 6.42 Å². The van der Waals surface area contributed by atoms with Crippen LogP contribution in [0.5, 0.6) is 0 Å². The van der Waals surface area contributed by atoms with Crippen LogP contribution in [0.1, 0.15) is 11.3 Å². The van der Waals surface area contributed by atoms with Gasteiger partial charge in [0.05, 0.1) is 0 Å². The summed E-state index contributed by atoms with van der Waals surface area (Å²) in [6, 6.07) is 6.31. The number of hydrogen-bond donors (Lipinski definition) is 2. The molecule has 5 nitrogen and oxygen atoms in total. The molecule has 0 saturated carbocycles. The quantitative estimate of drug-likeness (QED) is 0.854. The van der Waals surface area contributed by atoms with Crippen molar-refractivity contribution in [3.63, 3.8) is 0 Å². The molecule has 18 heavy (non-hydrogen) atoms. The van der Waals surface area contributed by atoms with E-state index >= 15 is 0 Å². The minimum Gasteiger partial charge on any atom is -0.368 e. The average Bonchev–Trinajstić information content (AvgIpc) is 2.36. The van der Waals surface area contributed by atoms with Gasteiger partial charge in [0.1, 0.15) is 11.5 Å². The van der Waals surface area contributed by atoms with Crippen molar-refractivity contribution in [3.8, 4) is 0 Å². The third kappa shape index (κ3) is 3.13. The molecule has 0 spiro atoms. The van der Waals surface area contributed by atoms with E-state index in [1.54, 1.807) is 19.1 Å². The summed E-state index contributed by atoms with van der Waals surface area (Å²) in [6.45, 7) is 2.35. The van der Waals surface area contributed by atoms with Crippen molar-refractivity contribution in [1.29, 1.82) is 0 Å². The van der Waals surface area contributed by atoms with Crippen LogP contribution in [0.15, 0.2) is 29.1 Å². The maximum atomic E-state index is 12.7. The number of aromatic nitrogens is 3. The molecule has 1 aromatic heterocycles. The van der Waals surface area contributed by atoms with Crippen LogP contribution in [-0.4, -0.2) is 21.7 Å². The number of halogens is 1. The van der Waals surface area contributed by atoms with Gasteiger partial charge < -0.3 is 5.32 Å². The molecule has 0 aliphatic rings. The maximum absolute atomic E-state index is 12.7. The van der Waals surface area contributed by atoms with Gasteiger partial charge in [0.25, 0.3) is 0 Å². The Balaban J connectivity index is 1.94. The second-order valence-corrected chi connectivity index (χ2v) is 3.88. The number of rotatable bonds is 4. The van der Waals surface area contributed by atoms with Crippen molar-refractivity contribution in [2.75, 3.05) is 11.9 Å². The van der Waals surface area contributed by atoms with Crippen LogP contribution in [0.25, 0.3) is 0 Å². The molecular weight excluding hydrogens is 235 g/mol. The van der Waals surface area contributed by atoms with Crippen molar-refractivity contribution >= 4 is 5.82 Å². The molecule has 0 radical (unpaired) electrons. The van der Waals surface area contributed by atoms with Gasteiger partial charge in [0, 0.05) is 6.54 Å². The SMILES string of the molecule is Cc1n[nH]c(=O)nc1NCCc1ccc(F)cc1. The molecule has 94 valence electrons. The Hall–Kier alpha value is -2.24. The Labute approximate surface area is 103 Å². The number of nitrogens with one attached hydrogen (secondary N) is 2. The van der Waals surface area contributed by atoms with Crippen LogP contribution < -0.4 is 11.0 Å². The van der Waals surface area contributed by atoms with Gasteiger partial charge in [-0.1, -0.05) is 12.1 Å².